The fraction of sp³-hybridized carbons (Fsp3) is 0.115. The highest BCUT2D eigenvalue weighted by Gasteiger charge is 2.30. The molecule has 2 aromatic heterocycles. The number of anilines is 1. The Labute approximate surface area is 206 Å². The predicted octanol–water partition coefficient (Wildman–Crippen LogP) is 6.77. The van der Waals surface area contributed by atoms with E-state index in [2.05, 4.69) is 16.9 Å². The van der Waals surface area contributed by atoms with Gasteiger partial charge in [0.1, 0.15) is 4.88 Å². The molecule has 34 heavy (non-hydrogen) atoms. The van der Waals surface area contributed by atoms with Crippen molar-refractivity contribution < 1.29 is 19.0 Å². The molecule has 0 aliphatic heterocycles. The van der Waals surface area contributed by atoms with Crippen molar-refractivity contribution in [2.45, 2.75) is 13.8 Å². The van der Waals surface area contributed by atoms with Gasteiger partial charge in [0.15, 0.2) is 0 Å². The van der Waals surface area contributed by atoms with Crippen LogP contribution in [0.1, 0.15) is 31.9 Å². The molecule has 0 fully saturated rings. The molecule has 0 amide bonds. The molecule has 0 saturated heterocycles. The number of aryl methyl sites for hydroxylation is 2. The molecule has 2 aromatic carbocycles. The van der Waals surface area contributed by atoms with Gasteiger partial charge in [0.2, 0.25) is 0 Å². The standard InChI is InChI=1S/C26H22NO4PS2/c1-17-4-11-23(18(2)14-17)32(30,31-3)27-22-15-24(34-25(22)26(28)29)21-9-7-19(8-10-21)5-6-20-12-13-33-16-20/h4,7-16H,1-3H3,(H,27,30)(H,28,29). The zero-order valence-electron chi connectivity index (χ0n) is 18.8. The minimum absolute atomic E-state index is 0.0679. The summed E-state index contributed by atoms with van der Waals surface area (Å²) in [6.07, 6.45) is 0. The number of benzene rings is 2. The van der Waals surface area contributed by atoms with E-state index < -0.39 is 13.5 Å². The van der Waals surface area contributed by atoms with Crippen molar-refractivity contribution in [1.82, 2.24) is 0 Å². The maximum absolute atomic E-state index is 13.7. The Morgan fingerprint density at radius 1 is 1.03 bits per heavy atom. The minimum Gasteiger partial charge on any atom is -0.477 e. The summed E-state index contributed by atoms with van der Waals surface area (Å²) < 4.78 is 19.1. The van der Waals surface area contributed by atoms with Crippen molar-refractivity contribution in [3.05, 3.63) is 92.5 Å². The summed E-state index contributed by atoms with van der Waals surface area (Å²) in [5, 5.41) is 17.2. The molecule has 172 valence electrons. The van der Waals surface area contributed by atoms with E-state index in [-0.39, 0.29) is 10.6 Å². The normalized spacial score (nSPS) is 12.4. The number of carbonyl (C=O) groups is 1. The van der Waals surface area contributed by atoms with Crippen LogP contribution in [-0.4, -0.2) is 18.2 Å². The number of rotatable bonds is 6. The Balaban J connectivity index is 1.65. The van der Waals surface area contributed by atoms with E-state index in [1.165, 1.54) is 7.11 Å². The Bertz CT molecular complexity index is 1440. The molecule has 1 atom stereocenters. The zero-order chi connectivity index (χ0) is 24.3. The van der Waals surface area contributed by atoms with Crippen LogP contribution in [0.15, 0.2) is 65.4 Å². The summed E-state index contributed by atoms with van der Waals surface area (Å²) in [6.45, 7) is 3.81. The molecule has 4 aromatic rings. The van der Waals surface area contributed by atoms with Crippen LogP contribution in [0.25, 0.3) is 10.4 Å². The van der Waals surface area contributed by atoms with Crippen LogP contribution in [0.5, 0.6) is 0 Å². The van der Waals surface area contributed by atoms with E-state index in [1.54, 1.807) is 23.5 Å². The van der Waals surface area contributed by atoms with Crippen LogP contribution >= 0.6 is 30.2 Å². The van der Waals surface area contributed by atoms with E-state index in [9.17, 15) is 14.5 Å². The number of hydrogen-bond donors (Lipinski definition) is 2. The van der Waals surface area contributed by atoms with Crippen molar-refractivity contribution in [2.75, 3.05) is 12.2 Å². The molecular formula is C26H22NO4PS2. The Kier molecular flexibility index (Phi) is 7.06. The first-order chi connectivity index (χ1) is 16.3. The van der Waals surface area contributed by atoms with Gasteiger partial charge < -0.3 is 14.7 Å². The third-order valence-electron chi connectivity index (χ3n) is 5.16. The van der Waals surface area contributed by atoms with E-state index in [0.717, 1.165) is 44.0 Å². The second-order valence-electron chi connectivity index (χ2n) is 7.63. The van der Waals surface area contributed by atoms with Gasteiger partial charge in [0.25, 0.3) is 0 Å². The topological polar surface area (TPSA) is 75.6 Å². The smallest absolute Gasteiger partial charge is 0.348 e. The number of hydrogen-bond acceptors (Lipinski definition) is 5. The van der Waals surface area contributed by atoms with Gasteiger partial charge in [-0.1, -0.05) is 41.7 Å². The fourth-order valence-electron chi connectivity index (χ4n) is 3.47. The average Bonchev–Trinajstić information content (AvgIpc) is 3.48. The summed E-state index contributed by atoms with van der Waals surface area (Å²) in [5.41, 5.74) is 4.79. The number of thiophene rings is 2. The maximum atomic E-state index is 13.7. The summed E-state index contributed by atoms with van der Waals surface area (Å²) in [6, 6.07) is 16.8. The minimum atomic E-state index is -3.54. The number of carboxylic acids is 1. The summed E-state index contributed by atoms with van der Waals surface area (Å²) >= 11 is 2.72. The van der Waals surface area contributed by atoms with Crippen LogP contribution in [-0.2, 0) is 9.09 Å². The van der Waals surface area contributed by atoms with Gasteiger partial charge in [0, 0.05) is 28.5 Å². The average molecular weight is 508 g/mol. The number of carboxylic acid groups (broad SMARTS) is 1. The van der Waals surface area contributed by atoms with Crippen molar-refractivity contribution in [1.29, 1.82) is 0 Å². The van der Waals surface area contributed by atoms with Crippen LogP contribution < -0.4 is 10.4 Å². The molecule has 1 unspecified atom stereocenters. The molecule has 5 nitrogen and oxygen atoms in total. The number of aromatic carboxylic acids is 1. The van der Waals surface area contributed by atoms with Gasteiger partial charge in [-0.15, -0.1) is 11.3 Å². The van der Waals surface area contributed by atoms with Gasteiger partial charge in [-0.3, -0.25) is 4.57 Å². The molecule has 0 aliphatic carbocycles. The molecule has 2 heterocycles. The second-order valence-corrected chi connectivity index (χ2v) is 11.6. The first-order valence-electron chi connectivity index (χ1n) is 10.3. The molecule has 4 rings (SSSR count). The van der Waals surface area contributed by atoms with Crippen molar-refractivity contribution in [3.8, 4) is 22.3 Å². The van der Waals surface area contributed by atoms with Gasteiger partial charge in [-0.2, -0.15) is 11.3 Å². The highest BCUT2D eigenvalue weighted by atomic mass is 32.1. The summed E-state index contributed by atoms with van der Waals surface area (Å²) in [5.74, 6) is 5.14. The molecule has 0 saturated carbocycles. The highest BCUT2D eigenvalue weighted by Crippen LogP contribution is 2.48. The first-order valence-corrected chi connectivity index (χ1v) is 13.7. The highest BCUT2D eigenvalue weighted by molar-refractivity contribution is 7.68. The van der Waals surface area contributed by atoms with Gasteiger partial charge in [-0.25, -0.2) is 4.79 Å². The van der Waals surface area contributed by atoms with Crippen molar-refractivity contribution in [3.63, 3.8) is 0 Å². The molecule has 0 radical (unpaired) electrons. The lowest BCUT2D eigenvalue weighted by molar-refractivity contribution is 0.0703. The largest absolute Gasteiger partial charge is 0.477 e. The fourth-order valence-corrected chi connectivity index (χ4v) is 6.79. The lowest BCUT2D eigenvalue weighted by atomic mass is 10.1. The lowest BCUT2D eigenvalue weighted by Crippen LogP contribution is -2.17. The third-order valence-corrected chi connectivity index (χ3v) is 9.20. The Morgan fingerprint density at radius 2 is 1.76 bits per heavy atom. The Hall–Kier alpha value is -3.14. The Morgan fingerprint density at radius 3 is 2.38 bits per heavy atom. The summed E-state index contributed by atoms with van der Waals surface area (Å²) in [7, 11) is -2.18. The maximum Gasteiger partial charge on any atom is 0.348 e. The molecule has 0 spiro atoms. The van der Waals surface area contributed by atoms with Gasteiger partial charge in [-0.05, 0) is 60.7 Å². The lowest BCUT2D eigenvalue weighted by Gasteiger charge is -2.20. The van der Waals surface area contributed by atoms with E-state index in [4.69, 9.17) is 4.52 Å². The molecule has 8 heteroatoms. The van der Waals surface area contributed by atoms with Gasteiger partial charge >= 0.3 is 13.5 Å². The van der Waals surface area contributed by atoms with Crippen molar-refractivity contribution in [2.24, 2.45) is 0 Å². The van der Waals surface area contributed by atoms with Crippen LogP contribution in [0.3, 0.4) is 0 Å². The summed E-state index contributed by atoms with van der Waals surface area (Å²) in [4.78, 5) is 12.8. The second kappa shape index (κ2) is 10.0. The monoisotopic (exact) mass is 507 g/mol. The molecular weight excluding hydrogens is 485 g/mol. The molecule has 0 aliphatic rings. The van der Waals surface area contributed by atoms with E-state index >= 15 is 0 Å². The van der Waals surface area contributed by atoms with Gasteiger partial charge in [0.05, 0.1) is 11.0 Å². The van der Waals surface area contributed by atoms with Crippen LogP contribution in [0.4, 0.5) is 5.69 Å². The third kappa shape index (κ3) is 5.16. The zero-order valence-corrected chi connectivity index (χ0v) is 21.3. The molecule has 0 bridgehead atoms. The predicted molar refractivity (Wildman–Crippen MR) is 141 cm³/mol. The van der Waals surface area contributed by atoms with Crippen LogP contribution in [0, 0.1) is 25.7 Å². The van der Waals surface area contributed by atoms with Crippen LogP contribution in [0.2, 0.25) is 0 Å². The first kappa shape index (κ1) is 24.0. The SMILES string of the molecule is COP(=O)(Nc1cc(-c2ccc(C#Cc3ccsc3)cc2)sc1C(=O)O)c1ccc(C)cc1C. The van der Waals surface area contributed by atoms with E-state index in [0.29, 0.717) is 5.30 Å². The number of nitrogens with one attached hydrogen (secondary N) is 1. The van der Waals surface area contributed by atoms with E-state index in [1.807, 2.05) is 67.1 Å². The quantitative estimate of drug-likeness (QED) is 0.223. The van der Waals surface area contributed by atoms with Crippen molar-refractivity contribution >= 4 is 47.2 Å². The molecule has 2 N–H and O–H groups in total.